The first kappa shape index (κ1) is 19.2. The van der Waals surface area contributed by atoms with Crippen LogP contribution in [-0.2, 0) is 20.2 Å². The predicted octanol–water partition coefficient (Wildman–Crippen LogP) is 4.31. The number of halogens is 1. The zero-order chi connectivity index (χ0) is 19.4. The molecule has 0 aliphatic carbocycles. The van der Waals surface area contributed by atoms with E-state index in [-0.39, 0.29) is 5.91 Å². The molecule has 2 aromatic carbocycles. The Labute approximate surface area is 167 Å². The van der Waals surface area contributed by atoms with Crippen molar-refractivity contribution in [2.24, 2.45) is 7.05 Å². The van der Waals surface area contributed by atoms with E-state index in [9.17, 15) is 4.79 Å². The predicted molar refractivity (Wildman–Crippen MR) is 109 cm³/mol. The Morgan fingerprint density at radius 3 is 2.59 bits per heavy atom. The number of carbonyl (C=O) groups excluding carboxylic acids is 1. The van der Waals surface area contributed by atoms with E-state index in [1.807, 2.05) is 68.0 Å². The molecule has 0 atom stereocenters. The molecule has 5 nitrogen and oxygen atoms in total. The summed E-state index contributed by atoms with van der Waals surface area (Å²) in [6.07, 6.45) is 0. The fourth-order valence-corrected chi connectivity index (χ4v) is 3.11. The van der Waals surface area contributed by atoms with Gasteiger partial charge in [0.1, 0.15) is 12.4 Å². The van der Waals surface area contributed by atoms with Crippen LogP contribution in [0.5, 0.6) is 5.75 Å². The Hall–Kier alpha value is -2.60. The minimum atomic E-state index is -0.108. The summed E-state index contributed by atoms with van der Waals surface area (Å²) in [6.45, 7) is 4.82. The SMILES string of the molecule is Cc1nn(C)c(C)c1CNC(=O)c1cccc(COc2ccc(Br)cc2)c1. The molecule has 0 bridgehead atoms. The Bertz CT molecular complexity index is 949. The smallest absolute Gasteiger partial charge is 0.251 e. The fourth-order valence-electron chi connectivity index (χ4n) is 2.84. The number of rotatable bonds is 6. The summed E-state index contributed by atoms with van der Waals surface area (Å²) >= 11 is 3.40. The van der Waals surface area contributed by atoms with Crippen LogP contribution in [0.4, 0.5) is 0 Å². The van der Waals surface area contributed by atoms with Gasteiger partial charge in [-0.25, -0.2) is 0 Å². The van der Waals surface area contributed by atoms with Crippen LogP contribution in [0.25, 0.3) is 0 Å². The van der Waals surface area contributed by atoms with Crippen molar-refractivity contribution in [3.8, 4) is 5.75 Å². The third-order valence-electron chi connectivity index (χ3n) is 4.49. The van der Waals surface area contributed by atoms with Gasteiger partial charge in [-0.15, -0.1) is 0 Å². The largest absolute Gasteiger partial charge is 0.489 e. The summed E-state index contributed by atoms with van der Waals surface area (Å²) in [5.74, 6) is 0.679. The number of hydrogen-bond acceptors (Lipinski definition) is 3. The van der Waals surface area contributed by atoms with E-state index in [0.717, 1.165) is 32.7 Å². The van der Waals surface area contributed by atoms with E-state index in [1.54, 1.807) is 6.07 Å². The quantitative estimate of drug-likeness (QED) is 0.637. The van der Waals surface area contributed by atoms with Gasteiger partial charge in [0, 0.05) is 34.9 Å². The first-order chi connectivity index (χ1) is 12.9. The molecule has 1 N–H and O–H groups in total. The van der Waals surface area contributed by atoms with Crippen LogP contribution >= 0.6 is 15.9 Å². The van der Waals surface area contributed by atoms with Gasteiger partial charge in [-0.05, 0) is 55.8 Å². The molecule has 1 amide bonds. The molecular formula is C21H22BrN3O2. The molecule has 27 heavy (non-hydrogen) atoms. The lowest BCUT2D eigenvalue weighted by molar-refractivity contribution is 0.0950. The standard InChI is InChI=1S/C21H22BrN3O2/c1-14-20(15(2)25(3)24-14)12-23-21(26)17-6-4-5-16(11-17)13-27-19-9-7-18(22)8-10-19/h4-11H,12-13H2,1-3H3,(H,23,26). The van der Waals surface area contributed by atoms with Crippen molar-refractivity contribution in [3.63, 3.8) is 0 Å². The molecule has 0 fully saturated rings. The van der Waals surface area contributed by atoms with Gasteiger partial charge in [-0.2, -0.15) is 5.10 Å². The molecule has 3 aromatic rings. The first-order valence-electron chi connectivity index (χ1n) is 8.68. The van der Waals surface area contributed by atoms with E-state index in [4.69, 9.17) is 4.74 Å². The third-order valence-corrected chi connectivity index (χ3v) is 5.02. The van der Waals surface area contributed by atoms with Crippen molar-refractivity contribution >= 4 is 21.8 Å². The van der Waals surface area contributed by atoms with Crippen LogP contribution in [0.15, 0.2) is 53.0 Å². The second-order valence-electron chi connectivity index (χ2n) is 6.40. The molecule has 0 unspecified atom stereocenters. The van der Waals surface area contributed by atoms with Gasteiger partial charge < -0.3 is 10.1 Å². The molecule has 3 rings (SSSR count). The van der Waals surface area contributed by atoms with Gasteiger partial charge in [0.25, 0.3) is 5.91 Å². The maximum Gasteiger partial charge on any atom is 0.251 e. The zero-order valence-electron chi connectivity index (χ0n) is 15.6. The number of hydrogen-bond donors (Lipinski definition) is 1. The van der Waals surface area contributed by atoms with Crippen molar-refractivity contribution in [1.29, 1.82) is 0 Å². The highest BCUT2D eigenvalue weighted by atomic mass is 79.9. The Balaban J connectivity index is 1.62. The Morgan fingerprint density at radius 2 is 1.93 bits per heavy atom. The Kier molecular flexibility index (Phi) is 5.96. The maximum absolute atomic E-state index is 12.5. The van der Waals surface area contributed by atoms with Crippen molar-refractivity contribution in [3.05, 3.63) is 81.1 Å². The summed E-state index contributed by atoms with van der Waals surface area (Å²) in [5, 5.41) is 7.36. The number of amides is 1. The molecule has 6 heteroatoms. The minimum Gasteiger partial charge on any atom is -0.489 e. The molecule has 0 saturated carbocycles. The third kappa shape index (κ3) is 4.77. The molecule has 0 spiro atoms. The van der Waals surface area contributed by atoms with Crippen molar-refractivity contribution < 1.29 is 9.53 Å². The molecule has 0 radical (unpaired) electrons. The van der Waals surface area contributed by atoms with Gasteiger partial charge in [0.2, 0.25) is 0 Å². The summed E-state index contributed by atoms with van der Waals surface area (Å²) < 4.78 is 8.62. The average molecular weight is 428 g/mol. The lowest BCUT2D eigenvalue weighted by Crippen LogP contribution is -2.23. The Morgan fingerprint density at radius 1 is 1.19 bits per heavy atom. The van der Waals surface area contributed by atoms with Gasteiger partial charge >= 0.3 is 0 Å². The second kappa shape index (κ2) is 8.39. The molecule has 140 valence electrons. The molecule has 1 aromatic heterocycles. The van der Waals surface area contributed by atoms with Crippen molar-refractivity contribution in [2.45, 2.75) is 27.0 Å². The number of aryl methyl sites for hydroxylation is 2. The van der Waals surface area contributed by atoms with E-state index in [0.29, 0.717) is 18.7 Å². The van der Waals surface area contributed by atoms with Crippen LogP contribution in [-0.4, -0.2) is 15.7 Å². The number of benzene rings is 2. The highest BCUT2D eigenvalue weighted by Gasteiger charge is 2.12. The molecule has 0 saturated heterocycles. The highest BCUT2D eigenvalue weighted by molar-refractivity contribution is 9.10. The van der Waals surface area contributed by atoms with Crippen LogP contribution in [0.1, 0.15) is 32.9 Å². The van der Waals surface area contributed by atoms with Gasteiger partial charge in [0.05, 0.1) is 5.69 Å². The maximum atomic E-state index is 12.5. The number of nitrogens with one attached hydrogen (secondary N) is 1. The molecular weight excluding hydrogens is 406 g/mol. The van der Waals surface area contributed by atoms with E-state index in [2.05, 4.69) is 26.3 Å². The van der Waals surface area contributed by atoms with Crippen molar-refractivity contribution in [2.75, 3.05) is 0 Å². The van der Waals surface area contributed by atoms with Crippen LogP contribution in [0.2, 0.25) is 0 Å². The minimum absolute atomic E-state index is 0.108. The normalized spacial score (nSPS) is 10.7. The number of carbonyl (C=O) groups is 1. The first-order valence-corrected chi connectivity index (χ1v) is 9.48. The summed E-state index contributed by atoms with van der Waals surface area (Å²) in [6, 6.07) is 15.2. The number of ether oxygens (including phenoxy) is 1. The van der Waals surface area contributed by atoms with E-state index >= 15 is 0 Å². The monoisotopic (exact) mass is 427 g/mol. The topological polar surface area (TPSA) is 56.2 Å². The number of nitrogens with zero attached hydrogens (tertiary/aromatic N) is 2. The zero-order valence-corrected chi connectivity index (χ0v) is 17.2. The van der Waals surface area contributed by atoms with Gasteiger partial charge in [0.15, 0.2) is 0 Å². The van der Waals surface area contributed by atoms with Crippen molar-refractivity contribution in [1.82, 2.24) is 15.1 Å². The summed E-state index contributed by atoms with van der Waals surface area (Å²) in [5.41, 5.74) is 4.61. The van der Waals surface area contributed by atoms with Gasteiger partial charge in [-0.1, -0.05) is 28.1 Å². The van der Waals surface area contributed by atoms with Gasteiger partial charge in [-0.3, -0.25) is 9.48 Å². The van der Waals surface area contributed by atoms with Crippen LogP contribution in [0, 0.1) is 13.8 Å². The van der Waals surface area contributed by atoms with Crippen LogP contribution < -0.4 is 10.1 Å². The highest BCUT2D eigenvalue weighted by Crippen LogP contribution is 2.18. The lowest BCUT2D eigenvalue weighted by atomic mass is 10.1. The fraction of sp³-hybridized carbons (Fsp3) is 0.238. The molecule has 0 aliphatic heterocycles. The summed E-state index contributed by atoms with van der Waals surface area (Å²) in [7, 11) is 1.91. The lowest BCUT2D eigenvalue weighted by Gasteiger charge is -2.09. The average Bonchev–Trinajstić information content (AvgIpc) is 2.91. The second-order valence-corrected chi connectivity index (χ2v) is 7.31. The molecule has 0 aliphatic rings. The molecule has 1 heterocycles. The van der Waals surface area contributed by atoms with E-state index < -0.39 is 0 Å². The van der Waals surface area contributed by atoms with E-state index in [1.165, 1.54) is 0 Å². The number of aromatic nitrogens is 2. The summed E-state index contributed by atoms with van der Waals surface area (Å²) in [4.78, 5) is 12.5. The van der Waals surface area contributed by atoms with Crippen LogP contribution in [0.3, 0.4) is 0 Å².